The molecule has 1 spiro atoms. The largest absolute Gasteiger partial charge is 0.496 e. The molecule has 11 unspecified atom stereocenters. The zero-order valence-corrected chi connectivity index (χ0v) is 43.1. The maximum absolute atomic E-state index is 15.6. The smallest absolute Gasteiger partial charge is 0.328 e. The number of rotatable bonds is 14. The summed E-state index contributed by atoms with van der Waals surface area (Å²) in [6.07, 6.45) is 11.0. The Kier molecular flexibility index (Phi) is 14.4. The van der Waals surface area contributed by atoms with Crippen molar-refractivity contribution in [2.75, 3.05) is 59.5 Å². The number of likely N-dealkylation sites (N-methyl/N-ethyl adjacent to an activating group) is 1. The summed E-state index contributed by atoms with van der Waals surface area (Å²) in [7, 11) is 6.32. The number of H-pyrrole nitrogens is 1. The summed E-state index contributed by atoms with van der Waals surface area (Å²) in [4.78, 5) is 75.8. The number of aliphatic hydroxyl groups is 2. The number of carbonyl (C=O) groups is 5. The van der Waals surface area contributed by atoms with E-state index in [2.05, 4.69) is 74.4 Å². The highest BCUT2D eigenvalue weighted by atomic mass is 16.5. The number of aliphatic hydroxyl groups excluding tert-OH is 1. The number of esters is 3. The number of para-hydroxylation sites is 1. The fraction of sp³-hybridized carbons (Fsp3) is 0.625. The van der Waals surface area contributed by atoms with Gasteiger partial charge < -0.3 is 49.7 Å². The molecule has 72 heavy (non-hydrogen) atoms. The van der Waals surface area contributed by atoms with Gasteiger partial charge in [0.25, 0.3) is 0 Å². The third-order valence-electron chi connectivity index (χ3n) is 18.3. The van der Waals surface area contributed by atoms with E-state index in [1.807, 2.05) is 25.2 Å². The maximum Gasteiger partial charge on any atom is 0.328 e. The Morgan fingerprint density at radius 1 is 0.958 bits per heavy atom. The molecule has 2 saturated carbocycles. The number of ether oxygens (including phenoxy) is 4. The fourth-order valence-electron chi connectivity index (χ4n) is 15.0. The van der Waals surface area contributed by atoms with E-state index in [0.29, 0.717) is 62.3 Å². The number of nitrogens with zero attached hydrogens (tertiary/aromatic N) is 2. The fourth-order valence-corrected chi connectivity index (χ4v) is 15.0. The van der Waals surface area contributed by atoms with Gasteiger partial charge in [0.15, 0.2) is 0 Å². The van der Waals surface area contributed by atoms with Crippen LogP contribution in [0.5, 0.6) is 5.75 Å². The van der Waals surface area contributed by atoms with Gasteiger partial charge in [-0.2, -0.15) is 0 Å². The molecule has 6 aliphatic rings. The highest BCUT2D eigenvalue weighted by molar-refractivity contribution is 5.95. The first-order valence-electron chi connectivity index (χ1n) is 26.3. The summed E-state index contributed by atoms with van der Waals surface area (Å²) in [5, 5.41) is 31.7. The number of fused-ring (bicyclic) bond motifs is 6. The number of aromatic amines is 1. The number of methoxy groups -OCH3 is 3. The third kappa shape index (κ3) is 8.36. The maximum atomic E-state index is 15.6. The van der Waals surface area contributed by atoms with Crippen LogP contribution in [0.15, 0.2) is 48.6 Å². The van der Waals surface area contributed by atoms with E-state index < -0.39 is 69.8 Å². The first kappa shape index (κ1) is 51.5. The third-order valence-corrected chi connectivity index (χ3v) is 18.3. The van der Waals surface area contributed by atoms with Gasteiger partial charge in [-0.1, -0.05) is 57.0 Å². The van der Waals surface area contributed by atoms with Crippen LogP contribution in [0.25, 0.3) is 10.9 Å². The number of anilines is 1. The summed E-state index contributed by atoms with van der Waals surface area (Å²) < 4.78 is 22.6. The van der Waals surface area contributed by atoms with Gasteiger partial charge in [-0.25, -0.2) is 4.79 Å². The highest BCUT2D eigenvalue weighted by Crippen LogP contribution is 2.67. The van der Waals surface area contributed by atoms with E-state index in [1.54, 1.807) is 7.11 Å². The van der Waals surface area contributed by atoms with Gasteiger partial charge in [-0.05, 0) is 106 Å². The lowest BCUT2D eigenvalue weighted by Gasteiger charge is -2.61. The molecule has 0 radical (unpaired) electrons. The molecule has 2 bridgehead atoms. The van der Waals surface area contributed by atoms with Crippen molar-refractivity contribution in [1.29, 1.82) is 0 Å². The predicted octanol–water partition coefficient (Wildman–Crippen LogP) is 5.51. The number of benzene rings is 2. The van der Waals surface area contributed by atoms with Crippen molar-refractivity contribution in [3.8, 4) is 5.75 Å². The zero-order chi connectivity index (χ0) is 51.3. The Morgan fingerprint density at radius 2 is 1.75 bits per heavy atom. The topological polar surface area (TPSA) is 209 Å². The SMILES string of the molecule is CCC1(O)CCCC2CCc3c([nH]c4ccccc34)C(C(=O)OC)(c3cc4c(cc3OC)N(C)C3C(C(=O)NCCOC(=O)C(C)NC(=O)CCC(=O)OC)C(O)C5(CC)C=CCN6CCC43C65)CC(C2)C1. The molecule has 1 aromatic heterocycles. The first-order chi connectivity index (χ1) is 34.6. The van der Waals surface area contributed by atoms with E-state index in [9.17, 15) is 24.6 Å². The van der Waals surface area contributed by atoms with Crippen molar-refractivity contribution in [2.24, 2.45) is 23.2 Å². The molecule has 2 aromatic carbocycles. The average molecular weight is 994 g/mol. The van der Waals surface area contributed by atoms with Crippen LogP contribution < -0.4 is 20.3 Å². The molecular weight excluding hydrogens is 919 g/mol. The molecule has 390 valence electrons. The second-order valence-electron chi connectivity index (χ2n) is 21.8. The van der Waals surface area contributed by atoms with E-state index >= 15 is 9.59 Å². The molecule has 3 aliphatic heterocycles. The quantitative estimate of drug-likeness (QED) is 0.0585. The van der Waals surface area contributed by atoms with E-state index in [4.69, 9.17) is 14.2 Å². The number of aryl methyl sites for hydroxylation is 1. The lowest BCUT2D eigenvalue weighted by molar-refractivity contribution is -0.150. The van der Waals surface area contributed by atoms with Crippen LogP contribution in [0.1, 0.15) is 120 Å². The second kappa shape index (κ2) is 20.1. The van der Waals surface area contributed by atoms with Crippen LogP contribution in [0, 0.1) is 23.2 Å². The van der Waals surface area contributed by atoms with Crippen LogP contribution in [0.2, 0.25) is 0 Å². The molecule has 16 heteroatoms. The Hall–Kier alpha value is -5.45. The molecule has 4 heterocycles. The molecule has 16 nitrogen and oxygen atoms in total. The Morgan fingerprint density at radius 3 is 2.49 bits per heavy atom. The number of amides is 2. The summed E-state index contributed by atoms with van der Waals surface area (Å²) in [5.74, 6) is -2.59. The number of carbonyl (C=O) groups excluding carboxylic acids is 5. The first-order valence-corrected chi connectivity index (χ1v) is 26.3. The number of hydrogen-bond donors (Lipinski definition) is 5. The standard InChI is InChI=1S/C56H75N5O11/c1-8-53(68)21-12-14-34-17-18-37-36-15-10-11-16-40(36)59-46(37)56(52(67)71-7,32-35(28-34)31-53)39-29-38-41(30-42(39)69-5)60(4)47-45(48(64)54(9-2)22-13-25-61-26-23-55(38,47)51(54)61)49(65)57-24-27-72-50(66)33(3)58-43(62)19-20-44(63)70-6/h10-11,13,15-16,22,29-30,33-35,45,47-48,51,59,64,68H,8-9,12,14,17-21,23-28,31-32H2,1-7H3,(H,57,65)(H,58,62). The van der Waals surface area contributed by atoms with Crippen LogP contribution in [-0.4, -0.2) is 134 Å². The van der Waals surface area contributed by atoms with Crippen molar-refractivity contribution in [3.05, 3.63) is 70.9 Å². The molecule has 1 saturated heterocycles. The lowest BCUT2D eigenvalue weighted by Crippen LogP contribution is -2.73. The van der Waals surface area contributed by atoms with Crippen molar-refractivity contribution in [3.63, 3.8) is 0 Å². The summed E-state index contributed by atoms with van der Waals surface area (Å²) in [6, 6.07) is 10.8. The van der Waals surface area contributed by atoms with Crippen LogP contribution >= 0.6 is 0 Å². The van der Waals surface area contributed by atoms with E-state index in [1.165, 1.54) is 21.1 Å². The van der Waals surface area contributed by atoms with Gasteiger partial charge >= 0.3 is 17.9 Å². The Bertz CT molecular complexity index is 2610. The van der Waals surface area contributed by atoms with Gasteiger partial charge in [0.05, 0.1) is 58.0 Å². The van der Waals surface area contributed by atoms with Crippen molar-refractivity contribution in [1.82, 2.24) is 20.5 Å². The van der Waals surface area contributed by atoms with E-state index in [0.717, 1.165) is 72.1 Å². The summed E-state index contributed by atoms with van der Waals surface area (Å²) in [6.45, 7) is 6.81. The molecule has 3 aliphatic carbocycles. The molecule has 11 atom stereocenters. The Balaban J connectivity index is 1.14. The minimum atomic E-state index is -1.40. The highest BCUT2D eigenvalue weighted by Gasteiger charge is 2.73. The monoisotopic (exact) mass is 994 g/mol. The van der Waals surface area contributed by atoms with Gasteiger partial charge in [0.1, 0.15) is 23.8 Å². The van der Waals surface area contributed by atoms with Crippen LogP contribution in [0.3, 0.4) is 0 Å². The molecule has 3 aromatic rings. The zero-order valence-electron chi connectivity index (χ0n) is 43.1. The Labute approximate surface area is 422 Å². The van der Waals surface area contributed by atoms with Crippen molar-refractivity contribution >= 4 is 46.3 Å². The predicted molar refractivity (Wildman–Crippen MR) is 270 cm³/mol. The summed E-state index contributed by atoms with van der Waals surface area (Å²) in [5.41, 5.74) is 1.54. The second-order valence-corrected chi connectivity index (χ2v) is 21.8. The molecule has 2 amide bonds. The molecule has 9 rings (SSSR count). The van der Waals surface area contributed by atoms with Crippen LogP contribution in [-0.2, 0) is 55.4 Å². The molecule has 3 fully saturated rings. The van der Waals surface area contributed by atoms with Gasteiger partial charge in [0.2, 0.25) is 11.8 Å². The van der Waals surface area contributed by atoms with Crippen LogP contribution in [0.4, 0.5) is 5.69 Å². The van der Waals surface area contributed by atoms with Gasteiger partial charge in [-0.3, -0.25) is 24.1 Å². The number of nitrogens with one attached hydrogen (secondary N) is 3. The lowest BCUT2D eigenvalue weighted by atomic mass is 9.49. The average Bonchev–Trinajstić information content (AvgIpc) is 4.04. The minimum Gasteiger partial charge on any atom is -0.496 e. The summed E-state index contributed by atoms with van der Waals surface area (Å²) >= 11 is 0. The molecule has 5 N–H and O–H groups in total. The minimum absolute atomic E-state index is 0.0423. The van der Waals surface area contributed by atoms with Crippen molar-refractivity contribution < 1.29 is 53.1 Å². The normalized spacial score (nSPS) is 32.0. The van der Waals surface area contributed by atoms with Crippen molar-refractivity contribution in [2.45, 2.75) is 145 Å². The molecular formula is C56H75N5O11. The van der Waals surface area contributed by atoms with Gasteiger partial charge in [-0.15, -0.1) is 0 Å². The van der Waals surface area contributed by atoms with E-state index in [-0.39, 0.29) is 43.9 Å². The number of aromatic nitrogens is 1. The van der Waals surface area contributed by atoms with Gasteiger partial charge in [0, 0.05) is 70.8 Å². The number of hydrogen-bond acceptors (Lipinski definition) is 13.